The van der Waals surface area contributed by atoms with Crippen molar-refractivity contribution in [1.82, 2.24) is 24.2 Å². The number of imidazole rings is 1. The largest absolute Gasteiger partial charge is 0.339 e. The highest BCUT2D eigenvalue weighted by atomic mass is 16.2. The van der Waals surface area contributed by atoms with E-state index in [-0.39, 0.29) is 18.0 Å². The van der Waals surface area contributed by atoms with Crippen LogP contribution in [0.3, 0.4) is 0 Å². The minimum absolute atomic E-state index is 0.150. The molecule has 130 valence electrons. The first-order valence-electron chi connectivity index (χ1n) is 8.84. The molecular formula is C19H23N5O. The number of para-hydroxylation sites is 2. The smallest absolute Gasteiger partial charge is 0.245 e. The number of carbonyl (C=O) groups excluding carboxylic acids is 1. The summed E-state index contributed by atoms with van der Waals surface area (Å²) in [5, 5.41) is 4.43. The molecule has 0 spiro atoms. The van der Waals surface area contributed by atoms with Crippen LogP contribution in [0.15, 0.2) is 43.0 Å². The van der Waals surface area contributed by atoms with Gasteiger partial charge in [-0.15, -0.1) is 0 Å². The van der Waals surface area contributed by atoms with Gasteiger partial charge in [0.25, 0.3) is 0 Å². The molecule has 1 saturated heterocycles. The highest BCUT2D eigenvalue weighted by molar-refractivity contribution is 5.83. The van der Waals surface area contributed by atoms with E-state index in [1.807, 2.05) is 58.5 Å². The summed E-state index contributed by atoms with van der Waals surface area (Å²) in [6.45, 7) is 5.53. The molecule has 25 heavy (non-hydrogen) atoms. The van der Waals surface area contributed by atoms with E-state index in [2.05, 4.69) is 16.3 Å². The number of carbonyl (C=O) groups is 1. The van der Waals surface area contributed by atoms with E-state index < -0.39 is 0 Å². The summed E-state index contributed by atoms with van der Waals surface area (Å²) < 4.78 is 3.98. The molecule has 0 bridgehead atoms. The monoisotopic (exact) mass is 337 g/mol. The summed E-state index contributed by atoms with van der Waals surface area (Å²) in [6.07, 6.45) is 7.78. The highest BCUT2D eigenvalue weighted by Crippen LogP contribution is 2.25. The number of amides is 1. The average molecular weight is 337 g/mol. The van der Waals surface area contributed by atoms with E-state index in [4.69, 9.17) is 0 Å². The standard InChI is InChI=1S/C19H23N5O/c1-14-10-21-24(11-14)16-6-5-9-22(12-16)19(25)15(2)23-13-20-17-7-3-4-8-18(17)23/h3-4,7-8,10-11,13,15-16H,5-6,9,12H2,1-2H3. The molecule has 3 heterocycles. The zero-order valence-corrected chi connectivity index (χ0v) is 14.7. The Morgan fingerprint density at radius 2 is 2.16 bits per heavy atom. The topological polar surface area (TPSA) is 56.0 Å². The van der Waals surface area contributed by atoms with E-state index in [9.17, 15) is 4.79 Å². The fourth-order valence-electron chi connectivity index (χ4n) is 3.67. The van der Waals surface area contributed by atoms with Crippen molar-refractivity contribution in [3.63, 3.8) is 0 Å². The molecule has 2 unspecified atom stereocenters. The number of likely N-dealkylation sites (tertiary alicyclic amines) is 1. The van der Waals surface area contributed by atoms with Crippen LogP contribution in [0.2, 0.25) is 0 Å². The fourth-order valence-corrected chi connectivity index (χ4v) is 3.67. The number of nitrogens with zero attached hydrogens (tertiary/aromatic N) is 5. The van der Waals surface area contributed by atoms with Crippen molar-refractivity contribution >= 4 is 16.9 Å². The van der Waals surface area contributed by atoms with Crippen LogP contribution in [0, 0.1) is 6.92 Å². The van der Waals surface area contributed by atoms with Crippen LogP contribution >= 0.6 is 0 Å². The van der Waals surface area contributed by atoms with Gasteiger partial charge in [-0.3, -0.25) is 9.48 Å². The number of aromatic nitrogens is 4. The predicted octanol–water partition coefficient (Wildman–Crippen LogP) is 2.97. The minimum Gasteiger partial charge on any atom is -0.339 e. The lowest BCUT2D eigenvalue weighted by molar-refractivity contribution is -0.135. The average Bonchev–Trinajstić information content (AvgIpc) is 3.27. The molecule has 3 aromatic rings. The van der Waals surface area contributed by atoms with Crippen LogP contribution in [0.25, 0.3) is 11.0 Å². The van der Waals surface area contributed by atoms with Gasteiger partial charge in [0.15, 0.2) is 0 Å². The lowest BCUT2D eigenvalue weighted by Crippen LogP contribution is -2.43. The Labute approximate surface area is 147 Å². The van der Waals surface area contributed by atoms with Crippen molar-refractivity contribution < 1.29 is 4.79 Å². The Morgan fingerprint density at radius 1 is 1.32 bits per heavy atom. The van der Waals surface area contributed by atoms with E-state index in [0.29, 0.717) is 0 Å². The van der Waals surface area contributed by atoms with Crippen LogP contribution in [-0.2, 0) is 4.79 Å². The summed E-state index contributed by atoms with van der Waals surface area (Å²) >= 11 is 0. The Kier molecular flexibility index (Phi) is 4.03. The van der Waals surface area contributed by atoms with Gasteiger partial charge in [-0.2, -0.15) is 5.10 Å². The molecule has 0 saturated carbocycles. The van der Waals surface area contributed by atoms with Crippen LogP contribution in [0.1, 0.15) is 37.4 Å². The maximum atomic E-state index is 13.1. The fraction of sp³-hybridized carbons (Fsp3) is 0.421. The van der Waals surface area contributed by atoms with Gasteiger partial charge >= 0.3 is 0 Å². The van der Waals surface area contributed by atoms with Gasteiger partial charge in [0, 0.05) is 19.3 Å². The number of benzene rings is 1. The second-order valence-electron chi connectivity index (χ2n) is 6.89. The van der Waals surface area contributed by atoms with Gasteiger partial charge in [-0.05, 0) is 44.4 Å². The number of aryl methyl sites for hydroxylation is 1. The molecule has 4 rings (SSSR count). The van der Waals surface area contributed by atoms with Gasteiger partial charge in [0.05, 0.1) is 29.6 Å². The van der Waals surface area contributed by atoms with E-state index in [0.717, 1.165) is 42.5 Å². The van der Waals surface area contributed by atoms with Gasteiger partial charge < -0.3 is 9.47 Å². The molecule has 1 amide bonds. The number of fused-ring (bicyclic) bond motifs is 1. The maximum absolute atomic E-state index is 13.1. The van der Waals surface area contributed by atoms with Crippen molar-refractivity contribution in [2.75, 3.05) is 13.1 Å². The highest BCUT2D eigenvalue weighted by Gasteiger charge is 2.29. The number of rotatable bonds is 3. The third-order valence-electron chi connectivity index (χ3n) is 5.07. The molecule has 2 aromatic heterocycles. The second kappa shape index (κ2) is 6.35. The first-order chi connectivity index (χ1) is 12.1. The van der Waals surface area contributed by atoms with Crippen LogP contribution in [-0.4, -0.2) is 43.2 Å². The molecule has 1 fully saturated rings. The van der Waals surface area contributed by atoms with Crippen LogP contribution < -0.4 is 0 Å². The summed E-state index contributed by atoms with van der Waals surface area (Å²) in [6, 6.07) is 7.93. The normalized spacial score (nSPS) is 19.3. The van der Waals surface area contributed by atoms with Gasteiger partial charge in [0.2, 0.25) is 5.91 Å². The zero-order valence-electron chi connectivity index (χ0n) is 14.7. The molecule has 1 aromatic carbocycles. The molecule has 1 aliphatic rings. The third kappa shape index (κ3) is 2.92. The first-order valence-corrected chi connectivity index (χ1v) is 8.84. The van der Waals surface area contributed by atoms with E-state index in [1.165, 1.54) is 0 Å². The zero-order chi connectivity index (χ0) is 17.4. The molecule has 0 aliphatic carbocycles. The van der Waals surface area contributed by atoms with Crippen LogP contribution in [0.5, 0.6) is 0 Å². The molecule has 2 atom stereocenters. The summed E-state index contributed by atoms with van der Waals surface area (Å²) in [7, 11) is 0. The van der Waals surface area contributed by atoms with Gasteiger partial charge in [-0.1, -0.05) is 12.1 Å². The summed E-state index contributed by atoms with van der Waals surface area (Å²) in [5.74, 6) is 0.150. The number of hydrogen-bond donors (Lipinski definition) is 0. The molecule has 0 N–H and O–H groups in total. The summed E-state index contributed by atoms with van der Waals surface area (Å²) in [5.41, 5.74) is 3.08. The molecule has 6 heteroatoms. The second-order valence-corrected chi connectivity index (χ2v) is 6.89. The maximum Gasteiger partial charge on any atom is 0.245 e. The quantitative estimate of drug-likeness (QED) is 0.738. The number of hydrogen-bond acceptors (Lipinski definition) is 3. The lowest BCUT2D eigenvalue weighted by Gasteiger charge is -2.34. The molecule has 0 radical (unpaired) electrons. The van der Waals surface area contributed by atoms with Crippen molar-refractivity contribution in [1.29, 1.82) is 0 Å². The summed E-state index contributed by atoms with van der Waals surface area (Å²) in [4.78, 5) is 19.5. The van der Waals surface area contributed by atoms with Gasteiger partial charge in [-0.25, -0.2) is 4.98 Å². The third-order valence-corrected chi connectivity index (χ3v) is 5.07. The number of piperidine rings is 1. The first kappa shape index (κ1) is 15.9. The van der Waals surface area contributed by atoms with Crippen molar-refractivity contribution in [3.8, 4) is 0 Å². The molecule has 6 nitrogen and oxygen atoms in total. The predicted molar refractivity (Wildman–Crippen MR) is 96.3 cm³/mol. The van der Waals surface area contributed by atoms with Crippen LogP contribution in [0.4, 0.5) is 0 Å². The van der Waals surface area contributed by atoms with Crippen molar-refractivity contribution in [3.05, 3.63) is 48.5 Å². The lowest BCUT2D eigenvalue weighted by atomic mass is 10.0. The molecule has 1 aliphatic heterocycles. The minimum atomic E-state index is -0.259. The van der Waals surface area contributed by atoms with E-state index in [1.54, 1.807) is 6.33 Å². The van der Waals surface area contributed by atoms with Crippen molar-refractivity contribution in [2.45, 2.75) is 38.8 Å². The van der Waals surface area contributed by atoms with Crippen molar-refractivity contribution in [2.24, 2.45) is 0 Å². The van der Waals surface area contributed by atoms with Gasteiger partial charge in [0.1, 0.15) is 6.04 Å². The van der Waals surface area contributed by atoms with E-state index >= 15 is 0 Å². The Balaban J connectivity index is 1.53. The SMILES string of the molecule is Cc1cnn(C2CCCN(C(=O)C(C)n3cnc4ccccc43)C2)c1. The molecular weight excluding hydrogens is 314 g/mol. The Bertz CT molecular complexity index is 896. The Morgan fingerprint density at radius 3 is 2.96 bits per heavy atom. The Hall–Kier alpha value is -2.63.